The number of nitrogens with one attached hydrogen (secondary N) is 2. The summed E-state index contributed by atoms with van der Waals surface area (Å²) in [5.41, 5.74) is 1.39. The van der Waals surface area contributed by atoms with Gasteiger partial charge < -0.3 is 29.6 Å². The van der Waals surface area contributed by atoms with Crippen molar-refractivity contribution in [2.24, 2.45) is 4.99 Å². The number of rotatable bonds is 8. The van der Waals surface area contributed by atoms with Crippen molar-refractivity contribution in [3.63, 3.8) is 0 Å². The van der Waals surface area contributed by atoms with Crippen LogP contribution in [0.1, 0.15) is 18.1 Å². The van der Waals surface area contributed by atoms with Crippen LogP contribution in [0, 0.1) is 0 Å². The van der Waals surface area contributed by atoms with E-state index in [-0.39, 0.29) is 43.1 Å². The number of alkyl halides is 2. The SMILES string of the molecule is CCNC(=NCc1ccc(OC)nc1)NCc1cc2c(cc1OC(F)F)OCO2.I. The van der Waals surface area contributed by atoms with Gasteiger partial charge in [0.05, 0.1) is 13.7 Å². The second-order valence-electron chi connectivity index (χ2n) is 5.95. The number of aliphatic imine (C=N–C) groups is 1. The molecule has 1 aromatic heterocycles. The normalized spacial score (nSPS) is 12.4. The Balaban J connectivity index is 0.00000320. The van der Waals surface area contributed by atoms with Gasteiger partial charge in [0.25, 0.3) is 0 Å². The maximum absolute atomic E-state index is 12.8. The summed E-state index contributed by atoms with van der Waals surface area (Å²) in [6.07, 6.45) is 1.68. The first kappa shape index (κ1) is 23.7. The molecule has 1 aromatic carbocycles. The number of hydrogen-bond acceptors (Lipinski definition) is 6. The van der Waals surface area contributed by atoms with Crippen molar-refractivity contribution >= 4 is 29.9 Å². The molecule has 0 fully saturated rings. The molecule has 164 valence electrons. The van der Waals surface area contributed by atoms with Crippen molar-refractivity contribution in [1.29, 1.82) is 0 Å². The predicted octanol–water partition coefficient (Wildman–Crippen LogP) is 3.29. The molecule has 11 heteroatoms. The number of guanidine groups is 1. The van der Waals surface area contributed by atoms with Gasteiger partial charge in [-0.2, -0.15) is 8.78 Å². The Kier molecular flexibility index (Phi) is 9.15. The predicted molar refractivity (Wildman–Crippen MR) is 117 cm³/mol. The van der Waals surface area contributed by atoms with Gasteiger partial charge in [0.2, 0.25) is 12.7 Å². The first-order valence-electron chi connectivity index (χ1n) is 8.97. The van der Waals surface area contributed by atoms with Crippen LogP contribution in [0.25, 0.3) is 0 Å². The Morgan fingerprint density at radius 2 is 2.00 bits per heavy atom. The number of fused-ring (bicyclic) bond motifs is 1. The lowest BCUT2D eigenvalue weighted by Gasteiger charge is -2.15. The highest BCUT2D eigenvalue weighted by molar-refractivity contribution is 14.0. The van der Waals surface area contributed by atoms with Gasteiger partial charge in [-0.05, 0) is 18.6 Å². The van der Waals surface area contributed by atoms with Crippen molar-refractivity contribution in [3.8, 4) is 23.1 Å². The van der Waals surface area contributed by atoms with Crippen LogP contribution in [0.5, 0.6) is 23.1 Å². The summed E-state index contributed by atoms with van der Waals surface area (Å²) in [6, 6.07) is 6.64. The van der Waals surface area contributed by atoms with Gasteiger partial charge in [-0.3, -0.25) is 0 Å². The van der Waals surface area contributed by atoms with Crippen molar-refractivity contribution in [2.75, 3.05) is 20.4 Å². The fraction of sp³-hybridized carbons (Fsp3) is 0.368. The number of ether oxygens (including phenoxy) is 4. The first-order chi connectivity index (χ1) is 14.1. The lowest BCUT2D eigenvalue weighted by molar-refractivity contribution is -0.0505. The zero-order valence-corrected chi connectivity index (χ0v) is 18.8. The standard InChI is InChI=1S/C19H22F2N4O4.HI/c1-3-22-19(24-9-12-4-5-17(26-2)23-8-12)25-10-13-6-15-16(28-11-27-15)7-14(13)29-18(20)21;/h4-8,18H,3,9-11H2,1-2H3,(H2,22,24,25);1H. The fourth-order valence-electron chi connectivity index (χ4n) is 2.63. The molecule has 0 amide bonds. The summed E-state index contributed by atoms with van der Waals surface area (Å²) in [5.74, 6) is 1.92. The second kappa shape index (κ2) is 11.6. The number of methoxy groups -OCH3 is 1. The number of halogens is 3. The maximum Gasteiger partial charge on any atom is 0.387 e. The molecule has 0 unspecified atom stereocenters. The van der Waals surface area contributed by atoms with Crippen LogP contribution in [0.2, 0.25) is 0 Å². The second-order valence-corrected chi connectivity index (χ2v) is 5.95. The molecule has 3 rings (SSSR count). The van der Waals surface area contributed by atoms with Crippen molar-refractivity contribution in [1.82, 2.24) is 15.6 Å². The molecule has 2 aromatic rings. The first-order valence-corrected chi connectivity index (χ1v) is 8.97. The summed E-state index contributed by atoms with van der Waals surface area (Å²) < 4.78 is 45.7. The highest BCUT2D eigenvalue weighted by atomic mass is 127. The van der Waals surface area contributed by atoms with Crippen molar-refractivity contribution in [3.05, 3.63) is 41.6 Å². The van der Waals surface area contributed by atoms with Crippen LogP contribution < -0.4 is 29.6 Å². The van der Waals surface area contributed by atoms with Crippen molar-refractivity contribution in [2.45, 2.75) is 26.6 Å². The van der Waals surface area contributed by atoms with E-state index in [0.717, 1.165) is 5.56 Å². The smallest absolute Gasteiger partial charge is 0.387 e. The molecule has 2 N–H and O–H groups in total. The molecule has 0 radical (unpaired) electrons. The van der Waals surface area contributed by atoms with Gasteiger partial charge in [-0.25, -0.2) is 9.98 Å². The van der Waals surface area contributed by atoms with Crippen LogP contribution in [-0.2, 0) is 13.1 Å². The van der Waals surface area contributed by atoms with E-state index in [2.05, 4.69) is 25.3 Å². The molecule has 0 bridgehead atoms. The molecular formula is C19H23F2IN4O4. The van der Waals surface area contributed by atoms with Crippen LogP contribution in [-0.4, -0.2) is 38.0 Å². The topological polar surface area (TPSA) is 86.2 Å². The molecule has 30 heavy (non-hydrogen) atoms. The monoisotopic (exact) mass is 536 g/mol. The van der Waals surface area contributed by atoms with E-state index in [4.69, 9.17) is 14.2 Å². The maximum atomic E-state index is 12.8. The minimum Gasteiger partial charge on any atom is -0.481 e. The summed E-state index contributed by atoms with van der Waals surface area (Å²) in [7, 11) is 1.55. The summed E-state index contributed by atoms with van der Waals surface area (Å²) >= 11 is 0. The van der Waals surface area contributed by atoms with Gasteiger partial charge in [0, 0.05) is 37.0 Å². The molecule has 1 aliphatic rings. The molecule has 8 nitrogen and oxygen atoms in total. The zero-order chi connectivity index (χ0) is 20.6. The van der Waals surface area contributed by atoms with E-state index in [9.17, 15) is 8.78 Å². The summed E-state index contributed by atoms with van der Waals surface area (Å²) in [5, 5.41) is 6.21. The Bertz CT molecular complexity index is 853. The van der Waals surface area contributed by atoms with E-state index in [0.29, 0.717) is 42.0 Å². The van der Waals surface area contributed by atoms with E-state index >= 15 is 0 Å². The van der Waals surface area contributed by atoms with Crippen molar-refractivity contribution < 1.29 is 27.7 Å². The molecule has 0 saturated heterocycles. The van der Waals surface area contributed by atoms with Gasteiger partial charge >= 0.3 is 6.61 Å². The minimum absolute atomic E-state index is 0. The summed E-state index contributed by atoms with van der Waals surface area (Å²) in [6.45, 7) is 0.241. The van der Waals surface area contributed by atoms with Gasteiger partial charge in [0.1, 0.15) is 5.75 Å². The molecule has 0 atom stereocenters. The number of benzene rings is 1. The third-order valence-electron chi connectivity index (χ3n) is 3.99. The third kappa shape index (κ3) is 6.47. The number of nitrogens with zero attached hydrogens (tertiary/aromatic N) is 2. The quantitative estimate of drug-likeness (QED) is 0.304. The molecule has 1 aliphatic heterocycles. The largest absolute Gasteiger partial charge is 0.481 e. The lowest BCUT2D eigenvalue weighted by Crippen LogP contribution is -2.36. The molecule has 0 spiro atoms. The number of pyridine rings is 1. The Hall–Kier alpha value is -2.57. The van der Waals surface area contributed by atoms with Crippen LogP contribution in [0.4, 0.5) is 8.78 Å². The van der Waals surface area contributed by atoms with Crippen LogP contribution in [0.15, 0.2) is 35.5 Å². The van der Waals surface area contributed by atoms with Gasteiger partial charge in [-0.15, -0.1) is 24.0 Å². The average molecular weight is 536 g/mol. The fourth-order valence-corrected chi connectivity index (χ4v) is 2.63. The van der Waals surface area contributed by atoms with E-state index in [1.165, 1.54) is 6.07 Å². The van der Waals surface area contributed by atoms with E-state index in [1.807, 2.05) is 13.0 Å². The van der Waals surface area contributed by atoms with Crippen LogP contribution in [0.3, 0.4) is 0 Å². The van der Waals surface area contributed by atoms with Gasteiger partial charge in [-0.1, -0.05) is 6.07 Å². The third-order valence-corrected chi connectivity index (χ3v) is 3.99. The Labute approximate surface area is 190 Å². The minimum atomic E-state index is -2.95. The zero-order valence-electron chi connectivity index (χ0n) is 16.5. The Morgan fingerprint density at radius 1 is 1.23 bits per heavy atom. The highest BCUT2D eigenvalue weighted by Gasteiger charge is 2.20. The van der Waals surface area contributed by atoms with E-state index < -0.39 is 6.61 Å². The van der Waals surface area contributed by atoms with Crippen LogP contribution >= 0.6 is 24.0 Å². The van der Waals surface area contributed by atoms with E-state index in [1.54, 1.807) is 25.4 Å². The Morgan fingerprint density at radius 3 is 2.63 bits per heavy atom. The van der Waals surface area contributed by atoms with Gasteiger partial charge in [0.15, 0.2) is 17.5 Å². The molecule has 0 aliphatic carbocycles. The highest BCUT2D eigenvalue weighted by Crippen LogP contribution is 2.38. The number of aromatic nitrogens is 1. The average Bonchev–Trinajstić information content (AvgIpc) is 3.17. The number of hydrogen-bond donors (Lipinski definition) is 2. The molecular weight excluding hydrogens is 513 g/mol. The molecule has 0 saturated carbocycles. The molecule has 2 heterocycles. The lowest BCUT2D eigenvalue weighted by atomic mass is 10.1. The summed E-state index contributed by atoms with van der Waals surface area (Å²) in [4.78, 5) is 8.63.